The highest BCUT2D eigenvalue weighted by Gasteiger charge is 2.19. The predicted octanol–water partition coefficient (Wildman–Crippen LogP) is 13.2. The van der Waals surface area contributed by atoms with Gasteiger partial charge in [-0.15, -0.1) is 0 Å². The SMILES string of the molecule is [2H]c1c([2H])c([2H])c2c(c1[2H])c([2H])c(-c1ccc(-c3c4ccccc4c(-c4ccccc4)c4ccccc34)cc1)c1c3cc4ccccc4cc3oc21. The lowest BCUT2D eigenvalue weighted by Gasteiger charge is -2.18. The first-order chi connectivity index (χ1) is 25.4. The number of hydrogen-bond acceptors (Lipinski definition) is 1. The Morgan fingerprint density at radius 1 is 0.426 bits per heavy atom. The Morgan fingerprint density at radius 2 is 0.957 bits per heavy atom. The molecular formula is C46H28O. The lowest BCUT2D eigenvalue weighted by Crippen LogP contribution is -1.91. The largest absolute Gasteiger partial charge is 0.455 e. The van der Waals surface area contributed by atoms with Crippen molar-refractivity contribution in [3.8, 4) is 33.4 Å². The summed E-state index contributed by atoms with van der Waals surface area (Å²) >= 11 is 0. The Balaban J connectivity index is 1.27. The minimum absolute atomic E-state index is 0.0428. The molecule has 0 spiro atoms. The van der Waals surface area contributed by atoms with Gasteiger partial charge in [0.15, 0.2) is 0 Å². The first-order valence-electron chi connectivity index (χ1n) is 18.3. The van der Waals surface area contributed by atoms with E-state index in [2.05, 4.69) is 91.0 Å². The maximum Gasteiger partial charge on any atom is 0.143 e. The van der Waals surface area contributed by atoms with Crippen LogP contribution in [0.25, 0.3) is 98.4 Å². The molecule has 1 heterocycles. The van der Waals surface area contributed by atoms with Gasteiger partial charge in [-0.3, -0.25) is 0 Å². The zero-order valence-electron chi connectivity index (χ0n) is 30.2. The molecule has 10 aromatic rings. The van der Waals surface area contributed by atoms with Crippen molar-refractivity contribution in [3.63, 3.8) is 0 Å². The van der Waals surface area contributed by atoms with E-state index in [1.807, 2.05) is 48.5 Å². The van der Waals surface area contributed by atoms with Gasteiger partial charge < -0.3 is 4.42 Å². The maximum atomic E-state index is 9.59. The zero-order chi connectivity index (χ0) is 35.2. The molecule has 218 valence electrons. The molecule has 0 unspecified atom stereocenters. The molecule has 0 atom stereocenters. The summed E-state index contributed by atoms with van der Waals surface area (Å²) < 4.78 is 50.8. The zero-order valence-corrected chi connectivity index (χ0v) is 25.2. The first kappa shape index (κ1) is 21.5. The summed E-state index contributed by atoms with van der Waals surface area (Å²) in [5.74, 6) is 0. The van der Waals surface area contributed by atoms with Gasteiger partial charge in [-0.2, -0.15) is 0 Å². The summed E-state index contributed by atoms with van der Waals surface area (Å²) in [6.45, 7) is 0. The van der Waals surface area contributed by atoms with Gasteiger partial charge in [-0.25, -0.2) is 0 Å². The highest BCUT2D eigenvalue weighted by molar-refractivity contribution is 6.24. The van der Waals surface area contributed by atoms with Gasteiger partial charge in [0.1, 0.15) is 11.2 Å². The Morgan fingerprint density at radius 3 is 1.62 bits per heavy atom. The van der Waals surface area contributed by atoms with Gasteiger partial charge in [0, 0.05) is 16.2 Å². The summed E-state index contributed by atoms with van der Waals surface area (Å²) in [5.41, 5.74) is 6.82. The molecule has 0 fully saturated rings. The average Bonchev–Trinajstić information content (AvgIpc) is 3.54. The Bertz CT molecular complexity index is 3050. The van der Waals surface area contributed by atoms with E-state index < -0.39 is 0 Å². The van der Waals surface area contributed by atoms with Crippen LogP contribution in [-0.4, -0.2) is 0 Å². The number of furan rings is 1. The fraction of sp³-hybridized carbons (Fsp3) is 0. The van der Waals surface area contributed by atoms with Crippen molar-refractivity contribution in [2.24, 2.45) is 0 Å². The lowest BCUT2D eigenvalue weighted by atomic mass is 9.85. The van der Waals surface area contributed by atoms with Gasteiger partial charge in [0.25, 0.3) is 0 Å². The summed E-state index contributed by atoms with van der Waals surface area (Å²) in [6, 6.07) is 46.7. The normalized spacial score (nSPS) is 13.3. The van der Waals surface area contributed by atoms with E-state index in [9.17, 15) is 1.37 Å². The molecule has 0 saturated carbocycles. The smallest absolute Gasteiger partial charge is 0.143 e. The van der Waals surface area contributed by atoms with Crippen molar-refractivity contribution in [2.75, 3.05) is 0 Å². The van der Waals surface area contributed by atoms with E-state index in [1.54, 1.807) is 0 Å². The number of rotatable bonds is 3. The Labute approximate surface area is 279 Å². The minimum atomic E-state index is -0.369. The van der Waals surface area contributed by atoms with E-state index >= 15 is 0 Å². The highest BCUT2D eigenvalue weighted by Crippen LogP contribution is 2.45. The minimum Gasteiger partial charge on any atom is -0.455 e. The molecule has 9 aromatic carbocycles. The van der Waals surface area contributed by atoms with Crippen molar-refractivity contribution < 1.29 is 11.3 Å². The summed E-state index contributed by atoms with van der Waals surface area (Å²) in [7, 11) is 0. The van der Waals surface area contributed by atoms with E-state index in [1.165, 1.54) is 16.3 Å². The topological polar surface area (TPSA) is 13.1 Å². The molecule has 0 radical (unpaired) electrons. The molecule has 10 rings (SSSR count). The van der Waals surface area contributed by atoms with Crippen LogP contribution in [-0.2, 0) is 0 Å². The van der Waals surface area contributed by atoms with Crippen LogP contribution in [0.2, 0.25) is 0 Å². The van der Waals surface area contributed by atoms with Crippen LogP contribution in [0.5, 0.6) is 0 Å². The fourth-order valence-corrected chi connectivity index (χ4v) is 7.35. The molecule has 0 aliphatic carbocycles. The molecule has 1 heteroatoms. The van der Waals surface area contributed by atoms with Crippen LogP contribution in [0.3, 0.4) is 0 Å². The molecular weight excluding hydrogens is 569 g/mol. The third-order valence-corrected chi connectivity index (χ3v) is 9.43. The van der Waals surface area contributed by atoms with Crippen molar-refractivity contribution in [1.29, 1.82) is 0 Å². The second-order valence-electron chi connectivity index (χ2n) is 12.0. The monoisotopic (exact) mass is 601 g/mol. The van der Waals surface area contributed by atoms with Gasteiger partial charge in [-0.05, 0) is 89.3 Å². The van der Waals surface area contributed by atoms with Gasteiger partial charge in [0.2, 0.25) is 0 Å². The number of fused-ring (bicyclic) bond motifs is 8. The first-order valence-corrected chi connectivity index (χ1v) is 15.8. The average molecular weight is 602 g/mol. The molecule has 1 aromatic heterocycles. The maximum absolute atomic E-state index is 9.59. The van der Waals surface area contributed by atoms with Crippen LogP contribution in [0.4, 0.5) is 0 Å². The van der Waals surface area contributed by atoms with Crippen molar-refractivity contribution >= 4 is 65.0 Å². The summed E-state index contributed by atoms with van der Waals surface area (Å²) in [5, 5.41) is 8.47. The molecule has 0 aliphatic heterocycles. The molecule has 0 aliphatic rings. The lowest BCUT2D eigenvalue weighted by molar-refractivity contribution is 0.673. The molecule has 0 N–H and O–H groups in total. The fourth-order valence-electron chi connectivity index (χ4n) is 7.35. The summed E-state index contributed by atoms with van der Waals surface area (Å²) in [6.07, 6.45) is 0. The summed E-state index contributed by atoms with van der Waals surface area (Å²) in [4.78, 5) is 0. The van der Waals surface area contributed by atoms with Crippen LogP contribution in [0.1, 0.15) is 6.85 Å². The van der Waals surface area contributed by atoms with Crippen molar-refractivity contribution in [3.05, 3.63) is 170 Å². The molecule has 1 nitrogen and oxygen atoms in total. The van der Waals surface area contributed by atoms with Crippen molar-refractivity contribution in [2.45, 2.75) is 0 Å². The van der Waals surface area contributed by atoms with Gasteiger partial charge in [0.05, 0.1) is 6.85 Å². The second-order valence-corrected chi connectivity index (χ2v) is 12.0. The molecule has 47 heavy (non-hydrogen) atoms. The highest BCUT2D eigenvalue weighted by atomic mass is 16.3. The van der Waals surface area contributed by atoms with E-state index in [-0.39, 0.29) is 41.0 Å². The predicted molar refractivity (Wildman–Crippen MR) is 200 cm³/mol. The van der Waals surface area contributed by atoms with Crippen molar-refractivity contribution in [1.82, 2.24) is 0 Å². The quantitative estimate of drug-likeness (QED) is 0.184. The van der Waals surface area contributed by atoms with E-state index in [4.69, 9.17) is 9.90 Å². The second kappa shape index (κ2) is 10.2. The Kier molecular flexibility index (Phi) is 4.66. The standard InChI is InChI=1S/C46H28O/c1-2-12-30(13-3-1)43-36-18-8-10-20-38(36)44(39-21-11-9-19-37(39)43)31-24-22-29(23-25-31)40-27-34-16-6-7-17-35(34)46-45(40)41-26-32-14-4-5-15-33(32)28-42(41)47-46/h1-28H/i6D,7D,16D,17D,27D. The molecule has 0 saturated heterocycles. The number of hydrogen-bond donors (Lipinski definition) is 0. The van der Waals surface area contributed by atoms with Crippen LogP contribution >= 0.6 is 0 Å². The van der Waals surface area contributed by atoms with Gasteiger partial charge >= 0.3 is 0 Å². The molecule has 0 bridgehead atoms. The van der Waals surface area contributed by atoms with E-state index in [0.717, 1.165) is 49.2 Å². The Hall–Kier alpha value is -6.18. The van der Waals surface area contributed by atoms with Crippen LogP contribution in [0.15, 0.2) is 174 Å². The van der Waals surface area contributed by atoms with Crippen LogP contribution < -0.4 is 0 Å². The molecule has 0 amide bonds. The van der Waals surface area contributed by atoms with Crippen LogP contribution in [0, 0.1) is 0 Å². The third-order valence-electron chi connectivity index (χ3n) is 9.43. The number of benzene rings is 9. The third kappa shape index (κ3) is 3.97. The van der Waals surface area contributed by atoms with E-state index in [0.29, 0.717) is 22.1 Å². The van der Waals surface area contributed by atoms with Gasteiger partial charge in [-0.1, -0.05) is 152 Å².